The average Bonchev–Trinajstić information content (AvgIpc) is 2.83. The van der Waals surface area contributed by atoms with Crippen LogP contribution in [0.4, 0.5) is 0 Å². The van der Waals surface area contributed by atoms with Crippen molar-refractivity contribution < 1.29 is 4.79 Å². The highest BCUT2D eigenvalue weighted by molar-refractivity contribution is 6.02. The lowest BCUT2D eigenvalue weighted by molar-refractivity contribution is 0.0972. The Bertz CT molecular complexity index is 359. The maximum absolute atomic E-state index is 11.7. The number of ketones is 1. The molecule has 1 aliphatic carbocycles. The van der Waals surface area contributed by atoms with Crippen LogP contribution in [0.25, 0.3) is 0 Å². The number of hydrogen-bond donors (Lipinski definition) is 0. The number of rotatable bonds is 2. The Labute approximate surface area is 78.1 Å². The molecule has 0 heterocycles. The van der Waals surface area contributed by atoms with Gasteiger partial charge in [0.05, 0.1) is 0 Å². The van der Waals surface area contributed by atoms with Crippen LogP contribution in [0.3, 0.4) is 0 Å². The van der Waals surface area contributed by atoms with Gasteiger partial charge in [0.2, 0.25) is 0 Å². The van der Waals surface area contributed by atoms with Crippen molar-refractivity contribution >= 4 is 5.78 Å². The fourth-order valence-electron chi connectivity index (χ4n) is 1.40. The lowest BCUT2D eigenvalue weighted by Crippen LogP contribution is -2.00. The molecule has 1 atom stereocenters. The summed E-state index contributed by atoms with van der Waals surface area (Å²) in [5.74, 6) is 0.340. The van der Waals surface area contributed by atoms with Crippen molar-refractivity contribution in [2.24, 2.45) is 5.92 Å². The second-order valence-electron chi connectivity index (χ2n) is 3.65. The van der Waals surface area contributed by atoms with Gasteiger partial charge in [-0.2, -0.15) is 0 Å². The predicted octanol–water partition coefficient (Wildman–Crippen LogP) is 2.75. The molecule has 0 saturated heterocycles. The van der Waals surface area contributed by atoms with E-state index in [1.54, 1.807) is 0 Å². The standard InChI is InChI=1S/C12H12O/c1-8-3-5-10(6-4-8)12(13)11-7-9(11)2/h3-6,11H,2,7H2,1H3. The summed E-state index contributed by atoms with van der Waals surface area (Å²) in [5.41, 5.74) is 3.07. The minimum Gasteiger partial charge on any atom is -0.293 e. The van der Waals surface area contributed by atoms with E-state index in [1.165, 1.54) is 5.56 Å². The smallest absolute Gasteiger partial charge is 0.170 e. The third kappa shape index (κ3) is 1.55. The second-order valence-corrected chi connectivity index (χ2v) is 3.65. The monoisotopic (exact) mass is 172 g/mol. The molecule has 1 aliphatic rings. The summed E-state index contributed by atoms with van der Waals surface area (Å²) in [6.07, 6.45) is 0.882. The van der Waals surface area contributed by atoms with Gasteiger partial charge in [-0.1, -0.05) is 42.0 Å². The number of Topliss-reactive ketones (excluding diaryl/α,β-unsaturated/α-hetero) is 1. The third-order valence-corrected chi connectivity index (χ3v) is 2.45. The van der Waals surface area contributed by atoms with Crippen molar-refractivity contribution in [2.45, 2.75) is 13.3 Å². The van der Waals surface area contributed by atoms with E-state index in [-0.39, 0.29) is 11.7 Å². The molecule has 0 aromatic heterocycles. The first kappa shape index (κ1) is 8.24. The van der Waals surface area contributed by atoms with Crippen LogP contribution in [0.1, 0.15) is 22.3 Å². The van der Waals surface area contributed by atoms with Crippen molar-refractivity contribution in [3.8, 4) is 0 Å². The highest BCUT2D eigenvalue weighted by Crippen LogP contribution is 2.38. The van der Waals surface area contributed by atoms with Crippen LogP contribution in [-0.4, -0.2) is 5.78 Å². The summed E-state index contributed by atoms with van der Waals surface area (Å²) in [6.45, 7) is 5.81. The van der Waals surface area contributed by atoms with Gasteiger partial charge in [0.25, 0.3) is 0 Å². The molecule has 13 heavy (non-hydrogen) atoms. The van der Waals surface area contributed by atoms with Crippen molar-refractivity contribution in [2.75, 3.05) is 0 Å². The SMILES string of the molecule is C=C1CC1C(=O)c1ccc(C)cc1. The van der Waals surface area contributed by atoms with Crippen LogP contribution >= 0.6 is 0 Å². The van der Waals surface area contributed by atoms with E-state index in [9.17, 15) is 4.79 Å². The molecule has 0 bridgehead atoms. The van der Waals surface area contributed by atoms with E-state index in [2.05, 4.69) is 6.58 Å². The predicted molar refractivity (Wildman–Crippen MR) is 52.8 cm³/mol. The van der Waals surface area contributed by atoms with E-state index in [1.807, 2.05) is 31.2 Å². The Balaban J connectivity index is 2.21. The van der Waals surface area contributed by atoms with Crippen LogP contribution in [0.5, 0.6) is 0 Å². The quantitative estimate of drug-likeness (QED) is 0.495. The largest absolute Gasteiger partial charge is 0.293 e. The number of allylic oxidation sites excluding steroid dienone is 1. The highest BCUT2D eigenvalue weighted by Gasteiger charge is 2.34. The zero-order chi connectivity index (χ0) is 9.42. The molecule has 0 radical (unpaired) electrons. The van der Waals surface area contributed by atoms with Gasteiger partial charge < -0.3 is 0 Å². The molecule has 0 N–H and O–H groups in total. The number of hydrogen-bond acceptors (Lipinski definition) is 1. The minimum atomic E-state index is 0.114. The molecule has 1 saturated carbocycles. The van der Waals surface area contributed by atoms with E-state index < -0.39 is 0 Å². The van der Waals surface area contributed by atoms with E-state index in [0.29, 0.717) is 0 Å². The van der Waals surface area contributed by atoms with Gasteiger partial charge >= 0.3 is 0 Å². The summed E-state index contributed by atoms with van der Waals surface area (Å²) in [7, 11) is 0. The lowest BCUT2D eigenvalue weighted by Gasteiger charge is -1.98. The number of benzene rings is 1. The topological polar surface area (TPSA) is 17.1 Å². The van der Waals surface area contributed by atoms with Crippen molar-refractivity contribution in [3.05, 3.63) is 47.5 Å². The van der Waals surface area contributed by atoms with Gasteiger partial charge in [-0.05, 0) is 13.3 Å². The van der Waals surface area contributed by atoms with Gasteiger partial charge in [0.1, 0.15) is 0 Å². The number of carbonyl (C=O) groups is 1. The summed E-state index contributed by atoms with van der Waals surface area (Å²) in [4.78, 5) is 11.7. The van der Waals surface area contributed by atoms with Crippen LogP contribution in [-0.2, 0) is 0 Å². The molecule has 1 heteroatoms. The zero-order valence-electron chi connectivity index (χ0n) is 7.71. The molecule has 1 unspecified atom stereocenters. The van der Waals surface area contributed by atoms with Crippen LogP contribution < -0.4 is 0 Å². The van der Waals surface area contributed by atoms with Crippen molar-refractivity contribution in [1.29, 1.82) is 0 Å². The second kappa shape index (κ2) is 2.84. The summed E-state index contributed by atoms with van der Waals surface area (Å²) in [6, 6.07) is 7.73. The lowest BCUT2D eigenvalue weighted by atomic mass is 10.1. The van der Waals surface area contributed by atoms with Gasteiger partial charge in [0, 0.05) is 11.5 Å². The van der Waals surface area contributed by atoms with Gasteiger partial charge in [0.15, 0.2) is 5.78 Å². The number of aryl methyl sites for hydroxylation is 1. The summed E-state index contributed by atoms with van der Waals surface area (Å²) < 4.78 is 0. The fraction of sp³-hybridized carbons (Fsp3) is 0.250. The molecule has 1 fully saturated rings. The normalized spacial score (nSPS) is 20.1. The first-order valence-corrected chi connectivity index (χ1v) is 4.47. The van der Waals surface area contributed by atoms with Gasteiger partial charge in [-0.25, -0.2) is 0 Å². The Hall–Kier alpha value is -1.37. The van der Waals surface area contributed by atoms with E-state index in [4.69, 9.17) is 0 Å². The molecule has 0 spiro atoms. The Kier molecular flexibility index (Phi) is 1.80. The fourth-order valence-corrected chi connectivity index (χ4v) is 1.40. The molecular weight excluding hydrogens is 160 g/mol. The van der Waals surface area contributed by atoms with E-state index in [0.717, 1.165) is 17.6 Å². The minimum absolute atomic E-state index is 0.114. The molecule has 1 nitrogen and oxygen atoms in total. The maximum atomic E-state index is 11.7. The van der Waals surface area contributed by atoms with Crippen molar-refractivity contribution in [1.82, 2.24) is 0 Å². The Morgan fingerprint density at radius 1 is 1.38 bits per heavy atom. The van der Waals surface area contributed by atoms with Crippen LogP contribution in [0.2, 0.25) is 0 Å². The number of carbonyl (C=O) groups excluding carboxylic acids is 1. The average molecular weight is 172 g/mol. The molecule has 2 rings (SSSR count). The molecule has 1 aromatic carbocycles. The molecule has 0 aliphatic heterocycles. The molecule has 66 valence electrons. The molecule has 0 amide bonds. The van der Waals surface area contributed by atoms with Crippen LogP contribution in [0, 0.1) is 12.8 Å². The molecule has 1 aromatic rings. The van der Waals surface area contributed by atoms with Gasteiger partial charge in [-0.15, -0.1) is 0 Å². The third-order valence-electron chi connectivity index (χ3n) is 2.45. The summed E-state index contributed by atoms with van der Waals surface area (Å²) in [5, 5.41) is 0. The maximum Gasteiger partial charge on any atom is 0.170 e. The van der Waals surface area contributed by atoms with E-state index >= 15 is 0 Å². The van der Waals surface area contributed by atoms with Gasteiger partial charge in [-0.3, -0.25) is 4.79 Å². The van der Waals surface area contributed by atoms with Crippen LogP contribution in [0.15, 0.2) is 36.4 Å². The zero-order valence-corrected chi connectivity index (χ0v) is 7.71. The molecular formula is C12H12O. The Morgan fingerprint density at radius 3 is 2.38 bits per heavy atom. The Morgan fingerprint density at radius 2 is 1.92 bits per heavy atom. The summed E-state index contributed by atoms with van der Waals surface area (Å²) >= 11 is 0. The first-order chi connectivity index (χ1) is 6.18. The highest BCUT2D eigenvalue weighted by atomic mass is 16.1. The van der Waals surface area contributed by atoms with Crippen molar-refractivity contribution in [3.63, 3.8) is 0 Å². The first-order valence-electron chi connectivity index (χ1n) is 4.47.